The molecule has 3 rings (SSSR count). The Morgan fingerprint density at radius 1 is 1.35 bits per heavy atom. The summed E-state index contributed by atoms with van der Waals surface area (Å²) in [6, 6.07) is 0.647. The Morgan fingerprint density at radius 2 is 2.15 bits per heavy atom. The van der Waals surface area contributed by atoms with Gasteiger partial charge in [-0.2, -0.15) is 0 Å². The van der Waals surface area contributed by atoms with Crippen molar-refractivity contribution in [2.75, 3.05) is 26.2 Å². The maximum absolute atomic E-state index is 6.06. The zero-order valence-electron chi connectivity index (χ0n) is 12.9. The number of hydrogen-bond acceptors (Lipinski definition) is 2. The Bertz CT molecular complexity index is 357. The first-order chi connectivity index (χ1) is 9.71. The summed E-state index contributed by atoms with van der Waals surface area (Å²) in [4.78, 5) is 7.19. The van der Waals surface area contributed by atoms with Gasteiger partial charge >= 0.3 is 0 Å². The number of guanidine groups is 1. The van der Waals surface area contributed by atoms with Crippen LogP contribution in [0.1, 0.15) is 51.9 Å². The van der Waals surface area contributed by atoms with E-state index in [2.05, 4.69) is 22.1 Å². The Labute approximate surface area is 123 Å². The quantitative estimate of drug-likeness (QED) is 0.597. The zero-order valence-corrected chi connectivity index (χ0v) is 12.9. The van der Waals surface area contributed by atoms with Crippen LogP contribution in [0.5, 0.6) is 0 Å². The minimum absolute atomic E-state index is 0.514. The van der Waals surface area contributed by atoms with Gasteiger partial charge in [-0.1, -0.05) is 6.92 Å². The van der Waals surface area contributed by atoms with Crippen LogP contribution in [0.15, 0.2) is 4.99 Å². The Kier molecular flexibility index (Phi) is 4.20. The van der Waals surface area contributed by atoms with E-state index in [0.29, 0.717) is 17.4 Å². The molecule has 4 nitrogen and oxygen atoms in total. The first-order valence-electron chi connectivity index (χ1n) is 8.49. The van der Waals surface area contributed by atoms with Crippen LogP contribution in [0.2, 0.25) is 0 Å². The van der Waals surface area contributed by atoms with Crippen molar-refractivity contribution >= 4 is 5.96 Å². The van der Waals surface area contributed by atoms with Gasteiger partial charge < -0.3 is 11.1 Å². The average Bonchev–Trinajstić information content (AvgIpc) is 3.18. The molecule has 0 radical (unpaired) electrons. The molecule has 0 aromatic carbocycles. The summed E-state index contributed by atoms with van der Waals surface area (Å²) < 4.78 is 0. The van der Waals surface area contributed by atoms with Gasteiger partial charge in [-0.3, -0.25) is 9.89 Å². The fraction of sp³-hybridized carbons (Fsp3) is 0.938. The lowest BCUT2D eigenvalue weighted by Crippen LogP contribution is -2.43. The number of likely N-dealkylation sites (tertiary alicyclic amines) is 1. The predicted molar refractivity (Wildman–Crippen MR) is 83.8 cm³/mol. The highest BCUT2D eigenvalue weighted by atomic mass is 15.2. The molecule has 2 bridgehead atoms. The number of nitrogens with two attached hydrogens (primary N) is 1. The summed E-state index contributed by atoms with van der Waals surface area (Å²) in [5.41, 5.74) is 6.58. The van der Waals surface area contributed by atoms with Crippen molar-refractivity contribution in [1.29, 1.82) is 0 Å². The molecule has 20 heavy (non-hydrogen) atoms. The van der Waals surface area contributed by atoms with E-state index in [-0.39, 0.29) is 0 Å². The van der Waals surface area contributed by atoms with Gasteiger partial charge in [0, 0.05) is 19.1 Å². The maximum atomic E-state index is 6.06. The molecule has 3 aliphatic rings. The summed E-state index contributed by atoms with van der Waals surface area (Å²) in [6.45, 7) is 6.53. The fourth-order valence-electron chi connectivity index (χ4n) is 4.61. The highest BCUT2D eigenvalue weighted by Crippen LogP contribution is 2.54. The van der Waals surface area contributed by atoms with Crippen molar-refractivity contribution in [2.24, 2.45) is 22.1 Å². The van der Waals surface area contributed by atoms with Crippen LogP contribution in [-0.2, 0) is 0 Å². The average molecular weight is 278 g/mol. The van der Waals surface area contributed by atoms with Crippen molar-refractivity contribution in [3.63, 3.8) is 0 Å². The highest BCUT2D eigenvalue weighted by Gasteiger charge is 2.44. The molecule has 2 aliphatic carbocycles. The largest absolute Gasteiger partial charge is 0.370 e. The molecule has 0 aromatic heterocycles. The lowest BCUT2D eigenvalue weighted by atomic mass is 9.84. The van der Waals surface area contributed by atoms with Crippen molar-refractivity contribution < 1.29 is 0 Å². The molecule has 1 heterocycles. The Hall–Kier alpha value is -0.770. The summed E-state index contributed by atoms with van der Waals surface area (Å²) in [5, 5.41) is 3.35. The number of likely N-dealkylation sites (N-methyl/N-ethyl adjacent to an activating group) is 1. The second-order valence-electron chi connectivity index (χ2n) is 7.15. The molecule has 2 saturated carbocycles. The van der Waals surface area contributed by atoms with Gasteiger partial charge in [-0.25, -0.2) is 0 Å². The van der Waals surface area contributed by atoms with E-state index in [0.717, 1.165) is 25.6 Å². The predicted octanol–water partition coefficient (Wildman–Crippen LogP) is 1.96. The molecule has 1 saturated heterocycles. The van der Waals surface area contributed by atoms with E-state index in [4.69, 9.17) is 5.73 Å². The first-order valence-corrected chi connectivity index (χ1v) is 8.49. The van der Waals surface area contributed by atoms with Crippen LogP contribution in [0, 0.1) is 11.3 Å². The summed E-state index contributed by atoms with van der Waals surface area (Å²) in [7, 11) is 0. The first kappa shape index (κ1) is 14.2. The van der Waals surface area contributed by atoms with Gasteiger partial charge in [-0.05, 0) is 69.4 Å². The smallest absolute Gasteiger partial charge is 0.188 e. The highest BCUT2D eigenvalue weighted by molar-refractivity contribution is 5.77. The van der Waals surface area contributed by atoms with Crippen molar-refractivity contribution in [2.45, 2.75) is 57.9 Å². The molecular weight excluding hydrogens is 248 g/mol. The van der Waals surface area contributed by atoms with Gasteiger partial charge in [0.1, 0.15) is 0 Å². The zero-order chi connectivity index (χ0) is 14.0. The molecule has 1 aliphatic heterocycles. The lowest BCUT2D eigenvalue weighted by molar-refractivity contribution is 0.267. The number of aliphatic imine (C=N–C) groups is 1. The molecule has 114 valence electrons. The minimum Gasteiger partial charge on any atom is -0.370 e. The Balaban J connectivity index is 1.44. The molecule has 0 aromatic rings. The van der Waals surface area contributed by atoms with Crippen molar-refractivity contribution in [1.82, 2.24) is 10.2 Å². The number of hydrogen-bond donors (Lipinski definition) is 2. The van der Waals surface area contributed by atoms with Gasteiger partial charge in [0.15, 0.2) is 5.96 Å². The molecule has 0 amide bonds. The lowest BCUT2D eigenvalue weighted by Gasteiger charge is -2.25. The number of fused-ring (bicyclic) bond motifs is 2. The van der Waals surface area contributed by atoms with E-state index in [1.165, 1.54) is 51.5 Å². The number of rotatable bonds is 5. The molecule has 1 unspecified atom stereocenters. The van der Waals surface area contributed by atoms with E-state index < -0.39 is 0 Å². The second-order valence-corrected chi connectivity index (χ2v) is 7.15. The van der Waals surface area contributed by atoms with E-state index in [9.17, 15) is 0 Å². The third-order valence-corrected chi connectivity index (χ3v) is 5.90. The third-order valence-electron chi connectivity index (χ3n) is 5.90. The number of nitrogens with one attached hydrogen (secondary N) is 1. The molecule has 0 spiro atoms. The summed E-state index contributed by atoms with van der Waals surface area (Å²) >= 11 is 0. The van der Waals surface area contributed by atoms with E-state index in [1.54, 1.807) is 0 Å². The molecule has 4 heteroatoms. The fourth-order valence-corrected chi connectivity index (χ4v) is 4.61. The maximum Gasteiger partial charge on any atom is 0.188 e. The summed E-state index contributed by atoms with van der Waals surface area (Å²) in [6.07, 6.45) is 9.62. The molecule has 3 N–H and O–H groups in total. The van der Waals surface area contributed by atoms with Crippen LogP contribution in [0.25, 0.3) is 0 Å². The van der Waals surface area contributed by atoms with Gasteiger partial charge in [0.25, 0.3) is 0 Å². The Morgan fingerprint density at radius 3 is 2.80 bits per heavy atom. The van der Waals surface area contributed by atoms with Gasteiger partial charge in [0.2, 0.25) is 0 Å². The minimum atomic E-state index is 0.514. The van der Waals surface area contributed by atoms with Crippen LogP contribution in [-0.4, -0.2) is 43.1 Å². The van der Waals surface area contributed by atoms with Crippen LogP contribution < -0.4 is 11.1 Å². The van der Waals surface area contributed by atoms with Gasteiger partial charge in [0.05, 0.1) is 0 Å². The molecule has 1 atom stereocenters. The van der Waals surface area contributed by atoms with Crippen LogP contribution in [0.3, 0.4) is 0 Å². The summed E-state index contributed by atoms with van der Waals surface area (Å²) in [5.74, 6) is 1.66. The molecule has 3 fully saturated rings. The molecular formula is C16H30N4. The van der Waals surface area contributed by atoms with Crippen LogP contribution >= 0.6 is 0 Å². The van der Waals surface area contributed by atoms with Gasteiger partial charge in [-0.15, -0.1) is 0 Å². The standard InChI is InChI=1S/C16H30N4/c1-2-20-9-3-4-14(20)11-18-15(17)19-12-16-7-5-13(10-16)6-8-16/h13-14H,2-12H2,1H3,(H3,17,18,19). The number of nitrogens with zero attached hydrogens (tertiary/aromatic N) is 2. The SMILES string of the molecule is CCN1CCCC1CNC(N)=NCC12CCC(CC1)C2. The monoisotopic (exact) mass is 278 g/mol. The van der Waals surface area contributed by atoms with Crippen LogP contribution in [0.4, 0.5) is 0 Å². The van der Waals surface area contributed by atoms with Crippen molar-refractivity contribution in [3.05, 3.63) is 0 Å². The topological polar surface area (TPSA) is 53.6 Å². The third kappa shape index (κ3) is 2.95. The van der Waals surface area contributed by atoms with E-state index >= 15 is 0 Å². The van der Waals surface area contributed by atoms with Crippen molar-refractivity contribution in [3.8, 4) is 0 Å². The van der Waals surface area contributed by atoms with E-state index in [1.807, 2.05) is 0 Å². The second kappa shape index (κ2) is 5.92. The normalized spacial score (nSPS) is 37.8.